The van der Waals surface area contributed by atoms with E-state index in [2.05, 4.69) is 9.97 Å². The van der Waals surface area contributed by atoms with Crippen molar-refractivity contribution in [3.05, 3.63) is 58.1 Å². The second-order valence-electron chi connectivity index (χ2n) is 6.95. The Labute approximate surface area is 178 Å². The maximum atomic E-state index is 13.4. The number of aromatic amines is 1. The molecule has 0 atom stereocenters. The molecule has 2 aromatic carbocycles. The summed E-state index contributed by atoms with van der Waals surface area (Å²) in [5.74, 6) is 1.47. The molecule has 2 heterocycles. The van der Waals surface area contributed by atoms with Crippen molar-refractivity contribution in [1.29, 1.82) is 0 Å². The summed E-state index contributed by atoms with van der Waals surface area (Å²) in [5, 5.41) is 0.498. The highest BCUT2D eigenvalue weighted by Gasteiger charge is 2.24. The van der Waals surface area contributed by atoms with Gasteiger partial charge in [-0.25, -0.2) is 4.98 Å². The van der Waals surface area contributed by atoms with Crippen molar-refractivity contribution in [3.8, 4) is 17.2 Å². The van der Waals surface area contributed by atoms with E-state index >= 15 is 0 Å². The van der Waals surface area contributed by atoms with Crippen LogP contribution in [-0.2, 0) is 11.3 Å². The first kappa shape index (κ1) is 20.7. The molecule has 0 radical (unpaired) electrons. The van der Waals surface area contributed by atoms with Crippen LogP contribution in [0.15, 0.2) is 41.2 Å². The van der Waals surface area contributed by atoms with Crippen LogP contribution in [0.1, 0.15) is 16.2 Å². The molecule has 1 aromatic heterocycles. The van der Waals surface area contributed by atoms with Gasteiger partial charge in [-0.15, -0.1) is 0 Å². The predicted molar refractivity (Wildman–Crippen MR) is 113 cm³/mol. The molecule has 0 unspecified atom stereocenters. The van der Waals surface area contributed by atoms with Crippen molar-refractivity contribution in [2.24, 2.45) is 0 Å². The zero-order valence-electron chi connectivity index (χ0n) is 17.3. The van der Waals surface area contributed by atoms with Crippen molar-refractivity contribution in [2.75, 3.05) is 40.6 Å². The van der Waals surface area contributed by atoms with Crippen molar-refractivity contribution < 1.29 is 23.7 Å². The van der Waals surface area contributed by atoms with E-state index in [0.717, 1.165) is 0 Å². The first-order valence-corrected chi connectivity index (χ1v) is 9.84. The second-order valence-corrected chi connectivity index (χ2v) is 6.95. The van der Waals surface area contributed by atoms with Crippen LogP contribution in [-0.4, -0.2) is 61.4 Å². The van der Waals surface area contributed by atoms with Crippen LogP contribution in [0.25, 0.3) is 10.9 Å². The Bertz CT molecular complexity index is 1140. The van der Waals surface area contributed by atoms with E-state index < -0.39 is 0 Å². The lowest BCUT2D eigenvalue weighted by Gasteiger charge is -2.25. The maximum Gasteiger partial charge on any atom is 0.258 e. The number of nitrogens with zero attached hydrogens (tertiary/aromatic N) is 2. The Kier molecular flexibility index (Phi) is 6.03. The van der Waals surface area contributed by atoms with Crippen molar-refractivity contribution in [3.63, 3.8) is 0 Å². The summed E-state index contributed by atoms with van der Waals surface area (Å²) in [6.45, 7) is 1.55. The summed E-state index contributed by atoms with van der Waals surface area (Å²) < 4.78 is 21.8. The van der Waals surface area contributed by atoms with Gasteiger partial charge in [0, 0.05) is 19.2 Å². The first-order valence-electron chi connectivity index (χ1n) is 9.84. The lowest BCUT2D eigenvalue weighted by Crippen LogP contribution is -2.35. The third-order valence-corrected chi connectivity index (χ3v) is 4.93. The average Bonchev–Trinajstić information content (AvgIpc) is 2.80. The second kappa shape index (κ2) is 9.05. The summed E-state index contributed by atoms with van der Waals surface area (Å²) in [7, 11) is 3.07. The maximum absolute atomic E-state index is 13.4. The van der Waals surface area contributed by atoms with Gasteiger partial charge in [-0.1, -0.05) is 12.1 Å². The van der Waals surface area contributed by atoms with Crippen LogP contribution < -0.4 is 19.8 Å². The molecule has 3 aromatic rings. The quantitative estimate of drug-likeness (QED) is 0.617. The van der Waals surface area contributed by atoms with Gasteiger partial charge in [0.15, 0.2) is 11.5 Å². The molecule has 1 amide bonds. The van der Waals surface area contributed by atoms with Crippen molar-refractivity contribution in [2.45, 2.75) is 6.54 Å². The molecule has 0 fully saturated rings. The molecular formula is C22H23N3O6. The van der Waals surface area contributed by atoms with E-state index in [-0.39, 0.29) is 18.0 Å². The number of hydrogen-bond donors (Lipinski definition) is 1. The average molecular weight is 425 g/mol. The summed E-state index contributed by atoms with van der Waals surface area (Å²) in [6.07, 6.45) is 0. The number of para-hydroxylation sites is 1. The van der Waals surface area contributed by atoms with Crippen molar-refractivity contribution in [1.82, 2.24) is 14.9 Å². The van der Waals surface area contributed by atoms with Crippen LogP contribution in [0.2, 0.25) is 0 Å². The third-order valence-electron chi connectivity index (χ3n) is 4.93. The van der Waals surface area contributed by atoms with E-state index in [0.29, 0.717) is 65.9 Å². The molecule has 162 valence electrons. The smallest absolute Gasteiger partial charge is 0.258 e. The summed E-state index contributed by atoms with van der Waals surface area (Å²) in [6, 6.07) is 10.3. The molecule has 1 aliphatic rings. The molecule has 9 nitrogen and oxygen atoms in total. The number of aromatic nitrogens is 2. The highest BCUT2D eigenvalue weighted by atomic mass is 16.6. The summed E-state index contributed by atoms with van der Waals surface area (Å²) in [4.78, 5) is 34.6. The fourth-order valence-electron chi connectivity index (χ4n) is 3.42. The number of benzene rings is 2. The SMILES string of the molecule is COCCN(Cc1nc2ccccc2c(=O)[nH]1)C(=O)c1cc(OC)c2c(c1)OCCO2. The Balaban J connectivity index is 1.67. The highest BCUT2D eigenvalue weighted by molar-refractivity contribution is 5.95. The topological polar surface area (TPSA) is 103 Å². The summed E-state index contributed by atoms with van der Waals surface area (Å²) >= 11 is 0. The van der Waals surface area contributed by atoms with Gasteiger partial charge in [0.1, 0.15) is 19.0 Å². The van der Waals surface area contributed by atoms with Crippen LogP contribution >= 0.6 is 0 Å². The van der Waals surface area contributed by atoms with E-state index in [9.17, 15) is 9.59 Å². The van der Waals surface area contributed by atoms with Gasteiger partial charge in [-0.2, -0.15) is 0 Å². The number of ether oxygens (including phenoxy) is 4. The van der Waals surface area contributed by atoms with E-state index in [4.69, 9.17) is 18.9 Å². The minimum Gasteiger partial charge on any atom is -0.493 e. The van der Waals surface area contributed by atoms with Crippen molar-refractivity contribution >= 4 is 16.8 Å². The third kappa shape index (κ3) is 4.31. The monoisotopic (exact) mass is 425 g/mol. The van der Waals surface area contributed by atoms with Gasteiger partial charge in [-0.05, 0) is 24.3 Å². The van der Waals surface area contributed by atoms with Crippen LogP contribution in [0.3, 0.4) is 0 Å². The zero-order chi connectivity index (χ0) is 21.8. The molecule has 0 saturated heterocycles. The Morgan fingerprint density at radius 3 is 2.81 bits per heavy atom. The van der Waals surface area contributed by atoms with Gasteiger partial charge >= 0.3 is 0 Å². The lowest BCUT2D eigenvalue weighted by molar-refractivity contribution is 0.0673. The Morgan fingerprint density at radius 2 is 2.00 bits per heavy atom. The molecule has 0 saturated carbocycles. The fourth-order valence-corrected chi connectivity index (χ4v) is 3.42. The van der Waals surface area contributed by atoms with Crippen LogP contribution in [0.5, 0.6) is 17.2 Å². The van der Waals surface area contributed by atoms with Gasteiger partial charge in [-0.3, -0.25) is 9.59 Å². The first-order chi connectivity index (χ1) is 15.1. The number of methoxy groups -OCH3 is 2. The molecule has 4 rings (SSSR count). The van der Waals surface area contributed by atoms with Crippen LogP contribution in [0.4, 0.5) is 0 Å². The number of H-pyrrole nitrogens is 1. The predicted octanol–water partition coefficient (Wildman–Crippen LogP) is 1.99. The molecule has 9 heteroatoms. The molecule has 1 N–H and O–H groups in total. The van der Waals surface area contributed by atoms with Gasteiger partial charge in [0.25, 0.3) is 11.5 Å². The molecule has 1 aliphatic heterocycles. The normalized spacial score (nSPS) is 12.6. The fraction of sp³-hybridized carbons (Fsp3) is 0.318. The van der Waals surface area contributed by atoms with E-state index in [1.165, 1.54) is 7.11 Å². The standard InChI is InChI=1S/C22H23N3O6/c1-28-8-7-25(13-19-23-16-6-4-3-5-15(16)21(26)24-19)22(27)14-11-17(29-2)20-18(12-14)30-9-10-31-20/h3-6,11-12H,7-10,13H2,1-2H3,(H,23,24,26). The van der Waals surface area contributed by atoms with Gasteiger partial charge in [0.2, 0.25) is 5.75 Å². The number of nitrogens with one attached hydrogen (secondary N) is 1. The number of carbonyl (C=O) groups is 1. The lowest BCUT2D eigenvalue weighted by atomic mass is 10.1. The number of hydrogen-bond acceptors (Lipinski definition) is 7. The number of carbonyl (C=O) groups excluding carboxylic acids is 1. The Morgan fingerprint density at radius 1 is 1.19 bits per heavy atom. The summed E-state index contributed by atoms with van der Waals surface area (Å²) in [5.41, 5.74) is 0.697. The van der Waals surface area contributed by atoms with Gasteiger partial charge < -0.3 is 28.8 Å². The number of amides is 1. The zero-order valence-corrected chi connectivity index (χ0v) is 17.3. The molecule has 0 aliphatic carbocycles. The van der Waals surface area contributed by atoms with Crippen LogP contribution in [0, 0.1) is 0 Å². The molecule has 0 spiro atoms. The van der Waals surface area contributed by atoms with E-state index in [1.807, 2.05) is 6.07 Å². The molecular weight excluding hydrogens is 402 g/mol. The van der Waals surface area contributed by atoms with Gasteiger partial charge in [0.05, 0.1) is 31.2 Å². The van der Waals surface area contributed by atoms with E-state index in [1.54, 1.807) is 42.3 Å². The minimum atomic E-state index is -0.275. The minimum absolute atomic E-state index is 0.110. The largest absolute Gasteiger partial charge is 0.493 e. The number of rotatable bonds is 7. The molecule has 31 heavy (non-hydrogen) atoms. The number of fused-ring (bicyclic) bond motifs is 2. The highest BCUT2D eigenvalue weighted by Crippen LogP contribution is 2.40. The Hall–Kier alpha value is -3.59. The molecule has 0 bridgehead atoms.